The summed E-state index contributed by atoms with van der Waals surface area (Å²) in [6.07, 6.45) is 12.4. The van der Waals surface area contributed by atoms with Crippen LogP contribution < -0.4 is 10.6 Å². The average Bonchev–Trinajstić information content (AvgIpc) is 3.89. The average molecular weight is 544 g/mol. The van der Waals surface area contributed by atoms with Crippen molar-refractivity contribution in [2.24, 2.45) is 10.9 Å². The predicted octanol–water partition coefficient (Wildman–Crippen LogP) is 4.56. The number of hydrogen-bond acceptors (Lipinski definition) is 4. The fourth-order valence-corrected chi connectivity index (χ4v) is 5.23. The van der Waals surface area contributed by atoms with Gasteiger partial charge in [0.2, 0.25) is 0 Å². The molecule has 0 spiro atoms. The molecule has 5 rings (SSSR count). The van der Waals surface area contributed by atoms with Crippen LogP contribution in [-0.2, 0) is 21.5 Å². The number of rotatable bonds is 9. The minimum atomic E-state index is -0.877. The third-order valence-electron chi connectivity index (χ3n) is 7.58. The van der Waals surface area contributed by atoms with Crippen molar-refractivity contribution in [1.29, 1.82) is 0 Å². The molecule has 6 nitrogen and oxygen atoms in total. The van der Waals surface area contributed by atoms with Crippen molar-refractivity contribution in [3.63, 3.8) is 0 Å². The van der Waals surface area contributed by atoms with E-state index in [-0.39, 0.29) is 35.5 Å². The summed E-state index contributed by atoms with van der Waals surface area (Å²) in [5.41, 5.74) is 2.21. The molecule has 198 valence electrons. The van der Waals surface area contributed by atoms with E-state index in [1.165, 1.54) is 0 Å². The first-order valence-electron chi connectivity index (χ1n) is 12.8. The molecule has 39 heavy (non-hydrogen) atoms. The smallest absolute Gasteiger partial charge is 0.310 e. The minimum Gasteiger partial charge on any atom is -0.344 e. The molecular formula is C31H27ClFN3O3. The number of amides is 2. The second-order valence-electron chi connectivity index (χ2n) is 10.2. The second kappa shape index (κ2) is 10.6. The Hall–Kier alpha value is -4.02. The van der Waals surface area contributed by atoms with E-state index >= 15 is 4.39 Å². The highest BCUT2D eigenvalue weighted by molar-refractivity contribution is 6.35. The number of halogens is 2. The lowest BCUT2D eigenvalue weighted by atomic mass is 9.82. The Bertz CT molecular complexity index is 1490. The van der Waals surface area contributed by atoms with Gasteiger partial charge in [0.15, 0.2) is 5.78 Å². The van der Waals surface area contributed by atoms with Gasteiger partial charge in [-0.05, 0) is 60.4 Å². The van der Waals surface area contributed by atoms with Crippen LogP contribution in [-0.4, -0.2) is 36.4 Å². The zero-order valence-electron chi connectivity index (χ0n) is 21.2. The molecule has 2 saturated carbocycles. The highest BCUT2D eigenvalue weighted by atomic mass is 35.5. The Morgan fingerprint density at radius 1 is 1.15 bits per heavy atom. The fourth-order valence-electron chi connectivity index (χ4n) is 5.01. The van der Waals surface area contributed by atoms with E-state index in [1.54, 1.807) is 36.4 Å². The first-order chi connectivity index (χ1) is 18.7. The van der Waals surface area contributed by atoms with Crippen molar-refractivity contribution in [2.45, 2.75) is 43.7 Å². The quantitative estimate of drug-likeness (QED) is 0.210. The summed E-state index contributed by atoms with van der Waals surface area (Å²) in [5, 5.41) is 4.78. The minimum absolute atomic E-state index is 0.00980. The molecule has 0 bridgehead atoms. The first-order valence-corrected chi connectivity index (χ1v) is 13.2. The van der Waals surface area contributed by atoms with Crippen molar-refractivity contribution < 1.29 is 18.8 Å². The van der Waals surface area contributed by atoms with Gasteiger partial charge in [-0.2, -0.15) is 0 Å². The van der Waals surface area contributed by atoms with Crippen LogP contribution in [0.3, 0.4) is 0 Å². The Kier molecular flexibility index (Phi) is 7.24. The van der Waals surface area contributed by atoms with Gasteiger partial charge in [-0.3, -0.25) is 19.4 Å². The van der Waals surface area contributed by atoms with E-state index < -0.39 is 23.0 Å². The number of nitrogens with zero attached hydrogens (tertiary/aromatic N) is 1. The maximum Gasteiger partial charge on any atom is 0.310 e. The third-order valence-corrected chi connectivity index (χ3v) is 7.85. The lowest BCUT2D eigenvalue weighted by Crippen LogP contribution is -2.39. The zero-order chi connectivity index (χ0) is 27.7. The summed E-state index contributed by atoms with van der Waals surface area (Å²) in [6, 6.07) is 10.2. The SMILES string of the molecule is C#CCNC(=O)C(=O)NCc1ccccc1C(=O)C(=C)C1(c2cc(C3=CC(C4CC4)N=C3)cc(Cl)c2F)CC1. The Balaban J connectivity index is 1.38. The van der Waals surface area contributed by atoms with Crippen molar-refractivity contribution in [1.82, 2.24) is 10.6 Å². The number of hydrogen-bond donors (Lipinski definition) is 2. The number of ketones is 1. The zero-order valence-corrected chi connectivity index (χ0v) is 22.0. The number of terminal acetylenes is 1. The Morgan fingerprint density at radius 3 is 2.56 bits per heavy atom. The Labute approximate surface area is 231 Å². The molecule has 1 heterocycles. The number of Topliss-reactive ketones (excluding diaryl/α,β-unsaturated/α-hetero) is 1. The van der Waals surface area contributed by atoms with Gasteiger partial charge >= 0.3 is 11.8 Å². The number of aliphatic imine (C=N–C) groups is 1. The molecule has 1 atom stereocenters. The molecule has 2 fully saturated rings. The number of benzene rings is 2. The van der Waals surface area contributed by atoms with Crippen LogP contribution in [0.2, 0.25) is 5.02 Å². The van der Waals surface area contributed by atoms with Crippen LogP contribution in [0.25, 0.3) is 5.57 Å². The molecule has 1 unspecified atom stereocenters. The normalized spacial score (nSPS) is 18.6. The van der Waals surface area contributed by atoms with E-state index in [9.17, 15) is 14.4 Å². The third kappa shape index (κ3) is 5.30. The van der Waals surface area contributed by atoms with Gasteiger partial charge in [0, 0.05) is 34.9 Å². The number of nitrogens with one attached hydrogen (secondary N) is 2. The molecule has 2 aliphatic carbocycles. The molecule has 2 aromatic carbocycles. The van der Waals surface area contributed by atoms with E-state index in [1.807, 2.05) is 6.21 Å². The summed E-state index contributed by atoms with van der Waals surface area (Å²) in [4.78, 5) is 42.2. The van der Waals surface area contributed by atoms with Crippen LogP contribution >= 0.6 is 11.6 Å². The number of allylic oxidation sites excluding steroid dienone is 2. The summed E-state index contributed by atoms with van der Waals surface area (Å²) in [6.45, 7) is 3.98. The van der Waals surface area contributed by atoms with Gasteiger partial charge in [0.25, 0.3) is 0 Å². The molecule has 0 radical (unpaired) electrons. The largest absolute Gasteiger partial charge is 0.344 e. The molecule has 2 amide bonds. The maximum atomic E-state index is 15.5. The maximum absolute atomic E-state index is 15.5. The Morgan fingerprint density at radius 2 is 1.87 bits per heavy atom. The molecule has 8 heteroatoms. The first kappa shape index (κ1) is 26.6. The lowest BCUT2D eigenvalue weighted by Gasteiger charge is -2.21. The number of carbonyl (C=O) groups excluding carboxylic acids is 3. The summed E-state index contributed by atoms with van der Waals surface area (Å²) in [7, 11) is 0. The predicted molar refractivity (Wildman–Crippen MR) is 149 cm³/mol. The summed E-state index contributed by atoms with van der Waals surface area (Å²) in [5.74, 6) is 0.150. The van der Waals surface area contributed by atoms with Gasteiger partial charge in [-0.15, -0.1) is 6.42 Å². The van der Waals surface area contributed by atoms with Crippen molar-refractivity contribution in [2.75, 3.05) is 6.54 Å². The summed E-state index contributed by atoms with van der Waals surface area (Å²) < 4.78 is 15.5. The van der Waals surface area contributed by atoms with Crippen molar-refractivity contribution in [3.8, 4) is 12.3 Å². The molecule has 2 aromatic rings. The van der Waals surface area contributed by atoms with Crippen LogP contribution in [0.15, 0.2) is 59.6 Å². The van der Waals surface area contributed by atoms with Crippen LogP contribution in [0.1, 0.15) is 52.7 Å². The topological polar surface area (TPSA) is 87.6 Å². The van der Waals surface area contributed by atoms with Gasteiger partial charge < -0.3 is 10.6 Å². The van der Waals surface area contributed by atoms with E-state index in [4.69, 9.17) is 18.0 Å². The van der Waals surface area contributed by atoms with Gasteiger partial charge in [-0.25, -0.2) is 4.39 Å². The monoisotopic (exact) mass is 543 g/mol. The van der Waals surface area contributed by atoms with Gasteiger partial charge in [0.05, 0.1) is 17.6 Å². The lowest BCUT2D eigenvalue weighted by molar-refractivity contribution is -0.139. The molecular weight excluding hydrogens is 517 g/mol. The van der Waals surface area contributed by atoms with Gasteiger partial charge in [0.1, 0.15) is 5.82 Å². The van der Waals surface area contributed by atoms with Gasteiger partial charge in [-0.1, -0.05) is 54.4 Å². The van der Waals surface area contributed by atoms with E-state index in [2.05, 4.69) is 34.2 Å². The van der Waals surface area contributed by atoms with E-state index in [0.717, 1.165) is 24.0 Å². The highest BCUT2D eigenvalue weighted by Crippen LogP contribution is 2.56. The summed E-state index contributed by atoms with van der Waals surface area (Å²) >= 11 is 6.35. The standard InChI is InChI=1S/C31H27ClFN3O3/c1-3-12-34-29(38)30(39)36-16-20-6-4-5-7-23(20)28(37)18(2)31(10-11-31)24-13-21(14-25(32)27(24)33)22-15-26(35-17-22)19-8-9-19/h1,4-7,13-15,17,19,26H,2,8-12,16H2,(H,34,38)(H,36,39). The van der Waals surface area contributed by atoms with Crippen LogP contribution in [0, 0.1) is 24.1 Å². The van der Waals surface area contributed by atoms with Crippen molar-refractivity contribution >= 4 is 41.0 Å². The second-order valence-corrected chi connectivity index (χ2v) is 10.6. The van der Waals surface area contributed by atoms with Crippen LogP contribution in [0.4, 0.5) is 4.39 Å². The number of carbonyl (C=O) groups is 3. The molecule has 0 aromatic heterocycles. The van der Waals surface area contributed by atoms with Crippen LogP contribution in [0.5, 0.6) is 0 Å². The molecule has 2 N–H and O–H groups in total. The highest BCUT2D eigenvalue weighted by Gasteiger charge is 2.51. The van der Waals surface area contributed by atoms with E-state index in [0.29, 0.717) is 35.4 Å². The van der Waals surface area contributed by atoms with Crippen molar-refractivity contribution in [3.05, 3.63) is 87.7 Å². The molecule has 3 aliphatic rings. The molecule has 1 aliphatic heterocycles. The molecule has 0 saturated heterocycles. The fraction of sp³-hybridized carbons (Fsp3) is 0.290.